The number of carboxylic acid groups (broad SMARTS) is 1. The van der Waals surface area contributed by atoms with Crippen LogP contribution >= 0.6 is 0 Å². The number of H-pyrrole nitrogens is 1. The van der Waals surface area contributed by atoms with E-state index in [0.717, 1.165) is 0 Å². The Morgan fingerprint density at radius 3 is 1.69 bits per heavy atom. The van der Waals surface area contributed by atoms with Crippen molar-refractivity contribution in [2.24, 2.45) is 23.5 Å². The molecule has 1 saturated heterocycles. The Labute approximate surface area is 371 Å². The van der Waals surface area contributed by atoms with Gasteiger partial charge in [-0.25, -0.2) is 9.78 Å². The number of carbonyl (C=O) groups is 9. The molecule has 0 bridgehead atoms. The SMILES string of the molecule is CC(C)C[C@H](NC(=O)[C@H](CO)NC(=O)[C@H](C)NC(=O)[C@H](CC(C)C)NC(=O)[C@@H](N)CO)C(=O)N[C@@H](Cc1cnc[nH]1)C(=O)N1CCC[C@H]1C(=O)N[C@@H](CO)C(=O)N[C@H](C(=O)O)C(C)C. The first kappa shape index (κ1) is 54.4. The number of hydrogen-bond donors (Lipinski definition) is 13. The number of nitrogens with zero attached hydrogens (tertiary/aromatic N) is 2. The lowest BCUT2D eigenvalue weighted by Gasteiger charge is -2.31. The molecule has 1 aliphatic heterocycles. The topological polar surface area (TPSA) is 377 Å². The van der Waals surface area contributed by atoms with Gasteiger partial charge >= 0.3 is 5.97 Å². The Morgan fingerprint density at radius 1 is 0.688 bits per heavy atom. The first-order valence-electron chi connectivity index (χ1n) is 21.3. The molecule has 0 saturated carbocycles. The number of rotatable bonds is 26. The van der Waals surface area contributed by atoms with Gasteiger partial charge in [0.25, 0.3) is 0 Å². The summed E-state index contributed by atoms with van der Waals surface area (Å²) in [5.74, 6) is -8.78. The minimum atomic E-state index is -1.61. The summed E-state index contributed by atoms with van der Waals surface area (Å²) in [6.45, 7) is 9.18. The van der Waals surface area contributed by atoms with Crippen molar-refractivity contribution in [2.75, 3.05) is 26.4 Å². The van der Waals surface area contributed by atoms with E-state index in [2.05, 4.69) is 47.2 Å². The highest BCUT2D eigenvalue weighted by atomic mass is 16.4. The van der Waals surface area contributed by atoms with Crippen molar-refractivity contribution in [2.45, 2.75) is 135 Å². The summed E-state index contributed by atoms with van der Waals surface area (Å²) in [5.41, 5.74) is 5.99. The van der Waals surface area contributed by atoms with Crippen LogP contribution in [0, 0.1) is 17.8 Å². The third-order valence-corrected chi connectivity index (χ3v) is 10.3. The molecule has 24 heteroatoms. The molecule has 1 aromatic rings. The first-order chi connectivity index (χ1) is 30.0. The van der Waals surface area contributed by atoms with Gasteiger partial charge in [-0.15, -0.1) is 0 Å². The zero-order valence-corrected chi connectivity index (χ0v) is 37.4. The number of likely N-dealkylation sites (tertiary alicyclic amines) is 1. The first-order valence-corrected chi connectivity index (χ1v) is 21.3. The predicted octanol–water partition coefficient (Wildman–Crippen LogP) is -4.51. The molecular weight excluding hydrogens is 843 g/mol. The van der Waals surface area contributed by atoms with E-state index in [-0.39, 0.29) is 44.1 Å². The van der Waals surface area contributed by atoms with E-state index in [1.165, 1.54) is 24.3 Å². The Hall–Kier alpha value is -5.72. The molecule has 1 aliphatic rings. The molecule has 0 radical (unpaired) electrons. The van der Waals surface area contributed by atoms with Crippen molar-refractivity contribution in [1.29, 1.82) is 0 Å². The molecule has 0 unspecified atom stereocenters. The number of amides is 8. The van der Waals surface area contributed by atoms with Crippen LogP contribution in [0.15, 0.2) is 12.5 Å². The van der Waals surface area contributed by atoms with Crippen LogP contribution in [0.4, 0.5) is 0 Å². The average Bonchev–Trinajstić information content (AvgIpc) is 3.94. The monoisotopic (exact) mass is 909 g/mol. The Morgan fingerprint density at radius 2 is 1.19 bits per heavy atom. The maximum atomic E-state index is 14.2. The predicted molar refractivity (Wildman–Crippen MR) is 227 cm³/mol. The molecule has 1 aromatic heterocycles. The number of aliphatic hydroxyl groups excluding tert-OH is 3. The Bertz CT molecular complexity index is 1760. The number of aliphatic carboxylic acids is 1. The fourth-order valence-electron chi connectivity index (χ4n) is 6.73. The van der Waals surface area contributed by atoms with Crippen LogP contribution in [-0.2, 0) is 49.6 Å². The molecule has 14 N–H and O–H groups in total. The summed E-state index contributed by atoms with van der Waals surface area (Å²) in [6, 6.07) is -11.9. The van der Waals surface area contributed by atoms with Gasteiger partial charge in [0.1, 0.15) is 54.4 Å². The molecule has 64 heavy (non-hydrogen) atoms. The highest BCUT2D eigenvalue weighted by Crippen LogP contribution is 2.20. The van der Waals surface area contributed by atoms with Crippen LogP contribution in [0.3, 0.4) is 0 Å². The summed E-state index contributed by atoms with van der Waals surface area (Å²) >= 11 is 0. The normalized spacial score (nSPS) is 17.5. The molecule has 2 heterocycles. The maximum absolute atomic E-state index is 14.2. The maximum Gasteiger partial charge on any atom is 0.326 e. The molecule has 2 rings (SSSR count). The molecule has 8 amide bonds. The van der Waals surface area contributed by atoms with E-state index in [9.17, 15) is 63.6 Å². The van der Waals surface area contributed by atoms with Crippen LogP contribution in [0.1, 0.15) is 79.8 Å². The number of hydrogen-bond acceptors (Lipinski definition) is 14. The van der Waals surface area contributed by atoms with Crippen LogP contribution < -0.4 is 43.0 Å². The quantitative estimate of drug-likeness (QED) is 0.0417. The number of carboxylic acids is 1. The fourth-order valence-corrected chi connectivity index (χ4v) is 6.73. The zero-order chi connectivity index (χ0) is 48.4. The van der Waals surface area contributed by atoms with Gasteiger partial charge in [-0.1, -0.05) is 41.5 Å². The van der Waals surface area contributed by atoms with Gasteiger partial charge in [-0.05, 0) is 50.4 Å². The minimum absolute atomic E-state index is 0.0307. The van der Waals surface area contributed by atoms with Crippen LogP contribution in [-0.4, -0.2) is 169 Å². The van der Waals surface area contributed by atoms with E-state index in [1.807, 2.05) is 0 Å². The van der Waals surface area contributed by atoms with Crippen molar-refractivity contribution in [3.63, 3.8) is 0 Å². The second-order valence-corrected chi connectivity index (χ2v) is 17.0. The molecule has 0 aromatic carbocycles. The lowest BCUT2D eigenvalue weighted by molar-refractivity contribution is -0.144. The summed E-state index contributed by atoms with van der Waals surface area (Å²) in [4.78, 5) is 126. The van der Waals surface area contributed by atoms with Gasteiger partial charge in [0.05, 0.1) is 26.1 Å². The standard InChI is InChI=1S/C40H67N11O13/c1-19(2)11-25(45-33(56)24(41)15-52)34(57)44-22(7)32(55)48-28(16-53)36(59)46-26(12-20(3)4)35(58)47-27(13-23-14-42-18-43-23)39(62)51-10-8-9-30(51)38(61)49-29(17-54)37(60)50-31(21(5)6)40(63)64/h14,18-22,24-31,52-54H,8-13,15-17,41H2,1-7H3,(H,42,43)(H,44,57)(H,45,56)(H,46,59)(H,47,58)(H,48,55)(H,49,61)(H,50,60)(H,63,64)/t22-,24-,25-,26-,27-,28-,29-,30-,31-/m0/s1. The van der Waals surface area contributed by atoms with Gasteiger partial charge in [0.15, 0.2) is 0 Å². The van der Waals surface area contributed by atoms with E-state index in [0.29, 0.717) is 12.1 Å². The highest BCUT2D eigenvalue weighted by Gasteiger charge is 2.40. The number of carbonyl (C=O) groups excluding carboxylic acids is 8. The Balaban J connectivity index is 2.25. The number of nitrogens with two attached hydrogens (primary N) is 1. The van der Waals surface area contributed by atoms with Gasteiger partial charge in [-0.3, -0.25) is 38.4 Å². The third kappa shape index (κ3) is 16.8. The van der Waals surface area contributed by atoms with E-state index in [1.54, 1.807) is 41.5 Å². The number of imidazole rings is 1. The van der Waals surface area contributed by atoms with Crippen LogP contribution in [0.2, 0.25) is 0 Å². The van der Waals surface area contributed by atoms with Gasteiger partial charge in [-0.2, -0.15) is 0 Å². The molecule has 0 aliphatic carbocycles. The van der Waals surface area contributed by atoms with E-state index < -0.39 is 133 Å². The summed E-state index contributed by atoms with van der Waals surface area (Å²) in [7, 11) is 0. The second kappa shape index (κ2) is 26.2. The molecule has 9 atom stereocenters. The van der Waals surface area contributed by atoms with E-state index in [4.69, 9.17) is 5.73 Å². The molecule has 0 spiro atoms. The largest absolute Gasteiger partial charge is 0.480 e. The van der Waals surface area contributed by atoms with Crippen LogP contribution in [0.5, 0.6) is 0 Å². The lowest BCUT2D eigenvalue weighted by Crippen LogP contribution is -2.61. The summed E-state index contributed by atoms with van der Waals surface area (Å²) < 4.78 is 0. The summed E-state index contributed by atoms with van der Waals surface area (Å²) in [6.07, 6.45) is 3.34. The number of nitrogens with one attached hydrogen (secondary N) is 8. The van der Waals surface area contributed by atoms with Crippen molar-refractivity contribution >= 4 is 53.2 Å². The smallest absolute Gasteiger partial charge is 0.326 e. The average molecular weight is 910 g/mol. The number of aromatic amines is 1. The molecule has 360 valence electrons. The molecule has 1 fully saturated rings. The highest BCUT2D eigenvalue weighted by molar-refractivity contribution is 5.98. The molecule has 24 nitrogen and oxygen atoms in total. The van der Waals surface area contributed by atoms with Gasteiger partial charge in [0.2, 0.25) is 47.3 Å². The van der Waals surface area contributed by atoms with Gasteiger partial charge in [0, 0.05) is 24.9 Å². The fraction of sp³-hybridized carbons (Fsp3) is 0.700. The zero-order valence-electron chi connectivity index (χ0n) is 37.4. The van der Waals surface area contributed by atoms with Crippen molar-refractivity contribution in [1.82, 2.24) is 52.1 Å². The Kier molecular flexibility index (Phi) is 22.2. The number of aromatic nitrogens is 2. The van der Waals surface area contributed by atoms with Crippen molar-refractivity contribution in [3.05, 3.63) is 18.2 Å². The minimum Gasteiger partial charge on any atom is -0.480 e. The second-order valence-electron chi connectivity index (χ2n) is 17.0. The lowest BCUT2D eigenvalue weighted by atomic mass is 10.0. The summed E-state index contributed by atoms with van der Waals surface area (Å²) in [5, 5.41) is 55.9. The van der Waals surface area contributed by atoms with E-state index >= 15 is 0 Å². The number of aliphatic hydroxyl groups is 3. The van der Waals surface area contributed by atoms with Crippen LogP contribution in [0.25, 0.3) is 0 Å². The van der Waals surface area contributed by atoms with Crippen molar-refractivity contribution < 1.29 is 63.6 Å². The van der Waals surface area contributed by atoms with Crippen molar-refractivity contribution in [3.8, 4) is 0 Å². The third-order valence-electron chi connectivity index (χ3n) is 10.3. The molecular formula is C40H67N11O13. The van der Waals surface area contributed by atoms with Gasteiger partial charge < -0.3 is 73.3 Å².